The highest BCUT2D eigenvalue weighted by Crippen LogP contribution is 2.23. The first-order valence-electron chi connectivity index (χ1n) is 5.68. The van der Waals surface area contributed by atoms with E-state index in [2.05, 4.69) is 53.8 Å². The lowest BCUT2D eigenvalue weighted by molar-refractivity contribution is 0.614. The van der Waals surface area contributed by atoms with Gasteiger partial charge in [0.2, 0.25) is 0 Å². The predicted octanol–water partition coefficient (Wildman–Crippen LogP) is 2.82. The Kier molecular flexibility index (Phi) is 3.41. The van der Waals surface area contributed by atoms with Crippen LogP contribution in [0.15, 0.2) is 30.3 Å². The third-order valence-electron chi connectivity index (χ3n) is 2.65. The molecular formula is C13H18N2. The van der Waals surface area contributed by atoms with Gasteiger partial charge in [0.05, 0.1) is 12.2 Å². The van der Waals surface area contributed by atoms with E-state index >= 15 is 0 Å². The Labute approximate surface area is 91.6 Å². The number of benzene rings is 1. The van der Waals surface area contributed by atoms with Gasteiger partial charge in [-0.3, -0.25) is 0 Å². The first kappa shape index (κ1) is 10.2. The Hall–Kier alpha value is -1.28. The zero-order chi connectivity index (χ0) is 10.5. The van der Waals surface area contributed by atoms with E-state index in [0.29, 0.717) is 0 Å². The monoisotopic (exact) mass is 202 g/mol. The third kappa shape index (κ3) is 2.39. The van der Waals surface area contributed by atoms with Crippen LogP contribution in [-0.2, 0) is 0 Å². The van der Waals surface area contributed by atoms with Gasteiger partial charge in [-0.2, -0.15) is 0 Å². The second-order valence-electron chi connectivity index (χ2n) is 3.83. The molecule has 80 valence electrons. The average molecular weight is 202 g/mol. The van der Waals surface area contributed by atoms with Crippen molar-refractivity contribution in [2.75, 3.05) is 18.1 Å². The molecule has 0 saturated heterocycles. The molecule has 0 bridgehead atoms. The Morgan fingerprint density at radius 3 is 3.07 bits per heavy atom. The Bertz CT molecular complexity index is 344. The smallest absolute Gasteiger partial charge is 0.0595 e. The van der Waals surface area contributed by atoms with Crippen molar-refractivity contribution in [3.63, 3.8) is 0 Å². The number of nitrogens with one attached hydrogen (secondary N) is 1. The van der Waals surface area contributed by atoms with Gasteiger partial charge in [0.15, 0.2) is 0 Å². The standard InChI is InChI=1S/C13H18N2/c1-2-3-10-14-15-11-6-8-12-7-4-5-9-13(12)15/h4-9,14H,2-3,10-11H2,1H3. The molecule has 1 heterocycles. The van der Waals surface area contributed by atoms with Crippen molar-refractivity contribution in [3.05, 3.63) is 35.9 Å². The summed E-state index contributed by atoms with van der Waals surface area (Å²) < 4.78 is 0. The van der Waals surface area contributed by atoms with Crippen molar-refractivity contribution in [2.24, 2.45) is 0 Å². The molecule has 0 spiro atoms. The minimum atomic E-state index is 0.959. The molecule has 0 amide bonds. The molecule has 0 atom stereocenters. The van der Waals surface area contributed by atoms with Crippen LogP contribution in [0.3, 0.4) is 0 Å². The lowest BCUT2D eigenvalue weighted by Crippen LogP contribution is -2.40. The normalized spacial score (nSPS) is 14.1. The topological polar surface area (TPSA) is 15.3 Å². The summed E-state index contributed by atoms with van der Waals surface area (Å²) in [4.78, 5) is 0. The molecule has 0 fully saturated rings. The van der Waals surface area contributed by atoms with E-state index in [4.69, 9.17) is 0 Å². The number of anilines is 1. The average Bonchev–Trinajstić information content (AvgIpc) is 2.30. The number of hydrogen-bond acceptors (Lipinski definition) is 2. The largest absolute Gasteiger partial charge is 0.304 e. The highest BCUT2D eigenvalue weighted by Gasteiger charge is 2.10. The van der Waals surface area contributed by atoms with E-state index in [1.54, 1.807) is 0 Å². The molecule has 1 aliphatic rings. The maximum absolute atomic E-state index is 3.46. The zero-order valence-electron chi connectivity index (χ0n) is 9.24. The predicted molar refractivity (Wildman–Crippen MR) is 65.7 cm³/mol. The number of hydrazine groups is 1. The number of nitrogens with zero attached hydrogens (tertiary/aromatic N) is 1. The summed E-state index contributed by atoms with van der Waals surface area (Å²) in [5, 5.41) is 2.23. The van der Waals surface area contributed by atoms with Crippen LogP contribution in [0.4, 0.5) is 5.69 Å². The van der Waals surface area contributed by atoms with Crippen LogP contribution in [0.5, 0.6) is 0 Å². The van der Waals surface area contributed by atoms with Gasteiger partial charge in [0.1, 0.15) is 0 Å². The van der Waals surface area contributed by atoms with Gasteiger partial charge < -0.3 is 5.01 Å². The van der Waals surface area contributed by atoms with Gasteiger partial charge in [0, 0.05) is 6.54 Å². The molecule has 0 unspecified atom stereocenters. The van der Waals surface area contributed by atoms with E-state index in [1.165, 1.54) is 24.1 Å². The summed E-state index contributed by atoms with van der Waals surface area (Å²) in [5.41, 5.74) is 6.05. The van der Waals surface area contributed by atoms with Gasteiger partial charge in [0.25, 0.3) is 0 Å². The Balaban J connectivity index is 2.05. The molecule has 2 heteroatoms. The molecule has 1 N–H and O–H groups in total. The number of fused-ring (bicyclic) bond motifs is 1. The summed E-state index contributed by atoms with van der Waals surface area (Å²) in [6, 6.07) is 8.49. The van der Waals surface area contributed by atoms with E-state index in [9.17, 15) is 0 Å². The zero-order valence-corrected chi connectivity index (χ0v) is 9.24. The van der Waals surface area contributed by atoms with E-state index in [-0.39, 0.29) is 0 Å². The lowest BCUT2D eigenvalue weighted by atomic mass is 10.1. The molecule has 15 heavy (non-hydrogen) atoms. The maximum Gasteiger partial charge on any atom is 0.0595 e. The summed E-state index contributed by atoms with van der Waals surface area (Å²) >= 11 is 0. The van der Waals surface area contributed by atoms with Crippen LogP contribution in [-0.4, -0.2) is 13.1 Å². The quantitative estimate of drug-likeness (QED) is 0.755. The number of para-hydroxylation sites is 1. The molecule has 0 aliphatic carbocycles. The highest BCUT2D eigenvalue weighted by molar-refractivity contribution is 5.70. The second-order valence-corrected chi connectivity index (χ2v) is 3.83. The highest BCUT2D eigenvalue weighted by atomic mass is 15.5. The molecular weight excluding hydrogens is 184 g/mol. The van der Waals surface area contributed by atoms with Crippen molar-refractivity contribution in [1.29, 1.82) is 0 Å². The van der Waals surface area contributed by atoms with Gasteiger partial charge in [-0.15, -0.1) is 0 Å². The molecule has 2 nitrogen and oxygen atoms in total. The molecule has 1 aromatic carbocycles. The molecule has 1 aliphatic heterocycles. The minimum absolute atomic E-state index is 0.959. The van der Waals surface area contributed by atoms with Gasteiger partial charge in [-0.25, -0.2) is 5.43 Å². The third-order valence-corrected chi connectivity index (χ3v) is 2.65. The molecule has 1 aromatic rings. The fraction of sp³-hybridized carbons (Fsp3) is 0.385. The van der Waals surface area contributed by atoms with Crippen molar-refractivity contribution in [2.45, 2.75) is 19.8 Å². The van der Waals surface area contributed by atoms with Gasteiger partial charge in [-0.05, 0) is 18.1 Å². The molecule has 0 saturated carbocycles. The van der Waals surface area contributed by atoms with Gasteiger partial charge >= 0.3 is 0 Å². The second kappa shape index (κ2) is 4.99. The van der Waals surface area contributed by atoms with E-state index < -0.39 is 0 Å². The molecule has 0 radical (unpaired) electrons. The van der Waals surface area contributed by atoms with Crippen molar-refractivity contribution in [1.82, 2.24) is 5.43 Å². The SMILES string of the molecule is CCCCNN1CC=Cc2ccccc21. The van der Waals surface area contributed by atoms with Crippen molar-refractivity contribution in [3.8, 4) is 0 Å². The summed E-state index contributed by atoms with van der Waals surface area (Å²) in [7, 11) is 0. The van der Waals surface area contributed by atoms with Crippen LogP contribution >= 0.6 is 0 Å². The number of hydrogen-bond donors (Lipinski definition) is 1. The van der Waals surface area contributed by atoms with Crippen LogP contribution in [0, 0.1) is 0 Å². The lowest BCUT2D eigenvalue weighted by Gasteiger charge is -2.28. The minimum Gasteiger partial charge on any atom is -0.304 e. The maximum atomic E-state index is 3.46. The fourth-order valence-corrected chi connectivity index (χ4v) is 1.80. The summed E-state index contributed by atoms with van der Waals surface area (Å²) in [6.07, 6.45) is 6.84. The van der Waals surface area contributed by atoms with Gasteiger partial charge in [-0.1, -0.05) is 43.7 Å². The fourth-order valence-electron chi connectivity index (χ4n) is 1.80. The first-order chi connectivity index (χ1) is 7.42. The molecule has 2 rings (SSSR count). The number of unbranched alkanes of at least 4 members (excludes halogenated alkanes) is 1. The Morgan fingerprint density at radius 1 is 1.33 bits per heavy atom. The van der Waals surface area contributed by atoms with Crippen LogP contribution in [0.25, 0.3) is 6.08 Å². The van der Waals surface area contributed by atoms with E-state index in [1.807, 2.05) is 0 Å². The summed E-state index contributed by atoms with van der Waals surface area (Å²) in [6.45, 7) is 4.23. The van der Waals surface area contributed by atoms with Crippen LogP contribution in [0.1, 0.15) is 25.3 Å². The molecule has 0 aromatic heterocycles. The van der Waals surface area contributed by atoms with Crippen molar-refractivity contribution < 1.29 is 0 Å². The number of rotatable bonds is 4. The summed E-state index contributed by atoms with van der Waals surface area (Å²) in [5.74, 6) is 0. The van der Waals surface area contributed by atoms with Crippen molar-refractivity contribution >= 4 is 11.8 Å². The van der Waals surface area contributed by atoms with E-state index in [0.717, 1.165) is 13.1 Å². The Morgan fingerprint density at radius 2 is 2.20 bits per heavy atom. The van der Waals surface area contributed by atoms with Crippen LogP contribution < -0.4 is 10.4 Å². The van der Waals surface area contributed by atoms with Crippen LogP contribution in [0.2, 0.25) is 0 Å². The first-order valence-corrected chi connectivity index (χ1v) is 5.68.